The van der Waals surface area contributed by atoms with Crippen molar-refractivity contribution in [1.29, 1.82) is 0 Å². The Morgan fingerprint density at radius 3 is 2.87 bits per heavy atom. The molecule has 1 aromatic heterocycles. The lowest BCUT2D eigenvalue weighted by Crippen LogP contribution is -2.16. The molecule has 1 aromatic rings. The fraction of sp³-hybridized carbons (Fsp3) is 0.500. The second-order valence-corrected chi connectivity index (χ2v) is 3.43. The molecule has 0 aliphatic rings. The summed E-state index contributed by atoms with van der Waals surface area (Å²) in [7, 11) is 0. The number of hydrogen-bond acceptors (Lipinski definition) is 5. The largest absolute Gasteiger partial charge is 0.362 e. The highest BCUT2D eigenvalue weighted by atomic mass is 35.5. The zero-order chi connectivity index (χ0) is 11.4. The van der Waals surface area contributed by atoms with Crippen LogP contribution in [0.1, 0.15) is 20.3 Å². The Morgan fingerprint density at radius 1 is 1.67 bits per heavy atom. The van der Waals surface area contributed by atoms with Gasteiger partial charge in [-0.1, -0.05) is 18.5 Å². The zero-order valence-corrected chi connectivity index (χ0v) is 9.15. The molecule has 6 nitrogen and oxygen atoms in total. The molecule has 1 N–H and O–H groups in total. The third-order valence-corrected chi connectivity index (χ3v) is 2.23. The fourth-order valence-electron chi connectivity index (χ4n) is 0.960. The first-order valence-corrected chi connectivity index (χ1v) is 4.85. The Balaban J connectivity index is 3.06. The van der Waals surface area contributed by atoms with Gasteiger partial charge in [0, 0.05) is 6.04 Å². The van der Waals surface area contributed by atoms with Crippen LogP contribution in [0.25, 0.3) is 0 Å². The van der Waals surface area contributed by atoms with Gasteiger partial charge in [-0.05, 0) is 13.3 Å². The quantitative estimate of drug-likeness (QED) is 0.487. The van der Waals surface area contributed by atoms with E-state index < -0.39 is 4.92 Å². The lowest BCUT2D eigenvalue weighted by molar-refractivity contribution is -0.384. The molecule has 1 rings (SSSR count). The van der Waals surface area contributed by atoms with Crippen LogP contribution in [0, 0.1) is 10.1 Å². The van der Waals surface area contributed by atoms with Gasteiger partial charge in [0.05, 0.1) is 4.92 Å². The first-order chi connectivity index (χ1) is 7.06. The average molecular weight is 231 g/mol. The van der Waals surface area contributed by atoms with Gasteiger partial charge in [-0.25, -0.2) is 9.97 Å². The smallest absolute Gasteiger partial charge is 0.348 e. The maximum Gasteiger partial charge on any atom is 0.348 e. The van der Waals surface area contributed by atoms with Crippen molar-refractivity contribution >= 4 is 23.1 Å². The molecule has 0 unspecified atom stereocenters. The standard InChI is InChI=1S/C8H11ClN4O2/c1-3-5(2)12-8-6(13(14)15)7(9)10-4-11-8/h4-5H,3H2,1-2H3,(H,10,11,12)/t5-/m1/s1. The monoisotopic (exact) mass is 230 g/mol. The Kier molecular flexibility index (Phi) is 3.79. The van der Waals surface area contributed by atoms with Crippen LogP contribution in [0.5, 0.6) is 0 Å². The van der Waals surface area contributed by atoms with E-state index in [4.69, 9.17) is 11.6 Å². The molecule has 0 aliphatic carbocycles. The van der Waals surface area contributed by atoms with Crippen molar-refractivity contribution in [2.75, 3.05) is 5.32 Å². The van der Waals surface area contributed by atoms with Crippen LogP contribution in [0.2, 0.25) is 5.15 Å². The molecular weight excluding hydrogens is 220 g/mol. The van der Waals surface area contributed by atoms with Gasteiger partial charge in [0.15, 0.2) is 0 Å². The summed E-state index contributed by atoms with van der Waals surface area (Å²) in [6.07, 6.45) is 2.03. The third kappa shape index (κ3) is 2.76. The molecule has 0 saturated heterocycles. The summed E-state index contributed by atoms with van der Waals surface area (Å²) in [5.74, 6) is 0.161. The van der Waals surface area contributed by atoms with Crippen LogP contribution in [0.3, 0.4) is 0 Å². The molecule has 0 aromatic carbocycles. The van der Waals surface area contributed by atoms with Gasteiger partial charge >= 0.3 is 5.69 Å². The molecule has 0 radical (unpaired) electrons. The molecule has 15 heavy (non-hydrogen) atoms. The number of nitrogens with one attached hydrogen (secondary N) is 1. The van der Waals surface area contributed by atoms with Gasteiger partial charge in [-0.3, -0.25) is 10.1 Å². The zero-order valence-electron chi connectivity index (χ0n) is 8.40. The maximum atomic E-state index is 10.7. The topological polar surface area (TPSA) is 81.0 Å². The van der Waals surface area contributed by atoms with E-state index in [0.717, 1.165) is 6.42 Å². The van der Waals surface area contributed by atoms with Crippen molar-refractivity contribution in [3.8, 4) is 0 Å². The second kappa shape index (κ2) is 4.88. The number of rotatable bonds is 4. The van der Waals surface area contributed by atoms with E-state index in [9.17, 15) is 10.1 Å². The van der Waals surface area contributed by atoms with Crippen LogP contribution in [0.15, 0.2) is 6.33 Å². The van der Waals surface area contributed by atoms with Gasteiger partial charge in [0.1, 0.15) is 6.33 Å². The van der Waals surface area contributed by atoms with Gasteiger partial charge in [-0.2, -0.15) is 0 Å². The third-order valence-electron chi connectivity index (χ3n) is 1.96. The van der Waals surface area contributed by atoms with E-state index in [1.165, 1.54) is 6.33 Å². The van der Waals surface area contributed by atoms with Crippen LogP contribution in [-0.4, -0.2) is 20.9 Å². The average Bonchev–Trinajstić information content (AvgIpc) is 2.17. The number of hydrogen-bond donors (Lipinski definition) is 1. The van der Waals surface area contributed by atoms with E-state index in [2.05, 4.69) is 15.3 Å². The van der Waals surface area contributed by atoms with Crippen molar-refractivity contribution < 1.29 is 4.92 Å². The SMILES string of the molecule is CC[C@@H](C)Nc1ncnc(Cl)c1[N+](=O)[O-]. The van der Waals surface area contributed by atoms with Crippen molar-refractivity contribution in [1.82, 2.24) is 9.97 Å². The van der Waals surface area contributed by atoms with Gasteiger partial charge in [0.25, 0.3) is 0 Å². The highest BCUT2D eigenvalue weighted by molar-refractivity contribution is 6.31. The lowest BCUT2D eigenvalue weighted by Gasteiger charge is -2.11. The number of nitro groups is 1. The molecule has 0 saturated carbocycles. The molecule has 1 heterocycles. The Hall–Kier alpha value is -1.43. The number of halogens is 1. The van der Waals surface area contributed by atoms with Crippen LogP contribution >= 0.6 is 11.6 Å². The van der Waals surface area contributed by atoms with E-state index >= 15 is 0 Å². The normalized spacial score (nSPS) is 12.2. The first kappa shape index (κ1) is 11.6. The number of aromatic nitrogens is 2. The minimum Gasteiger partial charge on any atom is -0.362 e. The molecule has 7 heteroatoms. The molecule has 0 bridgehead atoms. The maximum absolute atomic E-state index is 10.7. The van der Waals surface area contributed by atoms with Crippen LogP contribution in [-0.2, 0) is 0 Å². The Bertz CT molecular complexity index is 372. The fourth-order valence-corrected chi connectivity index (χ4v) is 1.16. The summed E-state index contributed by atoms with van der Waals surface area (Å²) in [4.78, 5) is 17.5. The van der Waals surface area contributed by atoms with Gasteiger partial charge < -0.3 is 5.32 Å². The summed E-state index contributed by atoms with van der Waals surface area (Å²) < 4.78 is 0. The summed E-state index contributed by atoms with van der Waals surface area (Å²) in [5.41, 5.74) is -0.278. The Morgan fingerprint density at radius 2 is 2.33 bits per heavy atom. The second-order valence-electron chi connectivity index (χ2n) is 3.07. The number of anilines is 1. The minimum atomic E-state index is -0.590. The van der Waals surface area contributed by atoms with Gasteiger partial charge in [-0.15, -0.1) is 0 Å². The molecular formula is C8H11ClN4O2. The molecule has 0 spiro atoms. The van der Waals surface area contributed by atoms with Crippen molar-refractivity contribution in [3.63, 3.8) is 0 Å². The highest BCUT2D eigenvalue weighted by Gasteiger charge is 2.21. The first-order valence-electron chi connectivity index (χ1n) is 4.47. The molecule has 0 amide bonds. The molecule has 0 aliphatic heterocycles. The van der Waals surface area contributed by atoms with E-state index in [1.54, 1.807) is 0 Å². The van der Waals surface area contributed by atoms with Crippen molar-refractivity contribution in [3.05, 3.63) is 21.6 Å². The predicted molar refractivity (Wildman–Crippen MR) is 57.1 cm³/mol. The van der Waals surface area contributed by atoms with Crippen molar-refractivity contribution in [2.24, 2.45) is 0 Å². The molecule has 1 atom stereocenters. The van der Waals surface area contributed by atoms with E-state index in [1.807, 2.05) is 13.8 Å². The van der Waals surface area contributed by atoms with E-state index in [0.29, 0.717) is 0 Å². The van der Waals surface area contributed by atoms with Crippen LogP contribution in [0.4, 0.5) is 11.5 Å². The Labute approximate surface area is 91.8 Å². The van der Waals surface area contributed by atoms with Crippen LogP contribution < -0.4 is 5.32 Å². The lowest BCUT2D eigenvalue weighted by atomic mass is 10.2. The summed E-state index contributed by atoms with van der Waals surface area (Å²) in [5, 5.41) is 13.5. The van der Waals surface area contributed by atoms with Crippen molar-refractivity contribution in [2.45, 2.75) is 26.3 Å². The summed E-state index contributed by atoms with van der Waals surface area (Å²) >= 11 is 5.62. The van der Waals surface area contributed by atoms with E-state index in [-0.39, 0.29) is 22.7 Å². The summed E-state index contributed by atoms with van der Waals surface area (Å²) in [6.45, 7) is 3.87. The summed E-state index contributed by atoms with van der Waals surface area (Å²) in [6, 6.07) is 0.0923. The molecule has 82 valence electrons. The predicted octanol–water partition coefficient (Wildman–Crippen LogP) is 2.25. The highest BCUT2D eigenvalue weighted by Crippen LogP contribution is 2.28. The minimum absolute atomic E-state index is 0.0923. The van der Waals surface area contributed by atoms with Gasteiger partial charge in [0.2, 0.25) is 11.0 Å². The molecule has 0 fully saturated rings. The number of nitrogens with zero attached hydrogens (tertiary/aromatic N) is 3.